The molecule has 0 spiro atoms. The molecule has 3 aromatic carbocycles. The summed E-state index contributed by atoms with van der Waals surface area (Å²) < 4.78 is 3.53. The van der Waals surface area contributed by atoms with Gasteiger partial charge in [0.2, 0.25) is 0 Å². The molecule has 0 radical (unpaired) electrons. The van der Waals surface area contributed by atoms with Crippen molar-refractivity contribution in [3.63, 3.8) is 0 Å². The normalized spacial score (nSPS) is 19.7. The third kappa shape index (κ3) is 3.87. The van der Waals surface area contributed by atoms with E-state index in [-0.39, 0.29) is 0 Å². The molecular formula is C22H18Br2IN. The Bertz CT molecular complexity index is 822. The molecule has 1 aliphatic rings. The molecule has 26 heavy (non-hydrogen) atoms. The summed E-state index contributed by atoms with van der Waals surface area (Å²) in [5, 5.41) is 0. The molecule has 1 heterocycles. The second-order valence-corrected chi connectivity index (χ2v) is 9.67. The average Bonchev–Trinajstić information content (AvgIpc) is 3.08. The average molecular weight is 583 g/mol. The number of halogens is 3. The summed E-state index contributed by atoms with van der Waals surface area (Å²) in [5.41, 5.74) is 4.06. The van der Waals surface area contributed by atoms with Gasteiger partial charge in [0.05, 0.1) is 12.1 Å². The van der Waals surface area contributed by atoms with Crippen LogP contribution in [0.2, 0.25) is 0 Å². The van der Waals surface area contributed by atoms with Crippen LogP contribution < -0.4 is 4.90 Å². The first-order valence-corrected chi connectivity index (χ1v) is 11.3. The molecule has 0 aliphatic carbocycles. The van der Waals surface area contributed by atoms with Crippen molar-refractivity contribution in [2.75, 3.05) is 4.90 Å². The van der Waals surface area contributed by atoms with Crippen molar-refractivity contribution in [2.24, 2.45) is 0 Å². The van der Waals surface area contributed by atoms with Gasteiger partial charge >= 0.3 is 0 Å². The Hall–Kier alpha value is -0.850. The predicted octanol–water partition coefficient (Wildman–Crippen LogP) is 7.90. The molecule has 4 heteroatoms. The van der Waals surface area contributed by atoms with Crippen molar-refractivity contribution in [2.45, 2.75) is 24.9 Å². The summed E-state index contributed by atoms with van der Waals surface area (Å²) in [5.74, 6) is 0. The zero-order valence-corrected chi connectivity index (χ0v) is 19.4. The molecule has 0 saturated carbocycles. The van der Waals surface area contributed by atoms with Gasteiger partial charge in [-0.1, -0.05) is 56.1 Å². The van der Waals surface area contributed by atoms with E-state index < -0.39 is 0 Å². The van der Waals surface area contributed by atoms with E-state index in [0.29, 0.717) is 12.1 Å². The molecule has 1 fully saturated rings. The monoisotopic (exact) mass is 581 g/mol. The fourth-order valence-electron chi connectivity index (χ4n) is 3.81. The fourth-order valence-corrected chi connectivity index (χ4v) is 4.70. The zero-order valence-electron chi connectivity index (χ0n) is 14.1. The summed E-state index contributed by atoms with van der Waals surface area (Å²) in [7, 11) is 0. The first-order chi connectivity index (χ1) is 12.6. The maximum atomic E-state index is 3.56. The third-order valence-corrected chi connectivity index (χ3v) is 6.80. The van der Waals surface area contributed by atoms with Crippen molar-refractivity contribution in [1.29, 1.82) is 0 Å². The SMILES string of the molecule is Brc1ccc(C2CCC(c3ccc(Br)cc3)N2c2ccc(I)cc2)cc1. The highest BCUT2D eigenvalue weighted by Gasteiger charge is 2.35. The van der Waals surface area contributed by atoms with Crippen molar-refractivity contribution in [1.82, 2.24) is 0 Å². The van der Waals surface area contributed by atoms with Gasteiger partial charge in [0.25, 0.3) is 0 Å². The standard InChI is InChI=1S/C22H18Br2IN/c23-17-5-1-15(2-6-17)21-13-14-22(16-3-7-18(24)8-4-16)26(21)20-11-9-19(25)10-12-20/h1-12,21-22H,13-14H2. The number of hydrogen-bond acceptors (Lipinski definition) is 1. The van der Waals surface area contributed by atoms with E-state index in [2.05, 4.69) is 132 Å². The summed E-state index contributed by atoms with van der Waals surface area (Å²) in [6.07, 6.45) is 2.32. The molecule has 0 N–H and O–H groups in total. The molecular weight excluding hydrogens is 565 g/mol. The lowest BCUT2D eigenvalue weighted by Crippen LogP contribution is -2.26. The lowest BCUT2D eigenvalue weighted by molar-refractivity contribution is 0.674. The Morgan fingerprint density at radius 2 is 1.08 bits per heavy atom. The molecule has 0 amide bonds. The molecule has 0 bridgehead atoms. The second-order valence-electron chi connectivity index (χ2n) is 6.60. The molecule has 2 atom stereocenters. The lowest BCUT2D eigenvalue weighted by atomic mass is 10.0. The maximum absolute atomic E-state index is 3.56. The fraction of sp³-hybridized carbons (Fsp3) is 0.182. The summed E-state index contributed by atoms with van der Waals surface area (Å²) in [4.78, 5) is 2.60. The van der Waals surface area contributed by atoms with Crippen molar-refractivity contribution in [3.8, 4) is 0 Å². The molecule has 3 aromatic rings. The maximum Gasteiger partial charge on any atom is 0.0549 e. The quantitative estimate of drug-likeness (QED) is 0.284. The summed E-state index contributed by atoms with van der Waals surface area (Å²) in [6.45, 7) is 0. The molecule has 132 valence electrons. The van der Waals surface area contributed by atoms with Gasteiger partial charge in [-0.3, -0.25) is 0 Å². The van der Waals surface area contributed by atoms with Gasteiger partial charge in [0, 0.05) is 18.2 Å². The van der Waals surface area contributed by atoms with E-state index in [0.717, 1.165) is 21.8 Å². The van der Waals surface area contributed by atoms with Crippen LogP contribution in [0.15, 0.2) is 81.7 Å². The Balaban J connectivity index is 1.75. The van der Waals surface area contributed by atoms with E-state index in [9.17, 15) is 0 Å². The van der Waals surface area contributed by atoms with Crippen LogP contribution in [0.3, 0.4) is 0 Å². The van der Waals surface area contributed by atoms with Gasteiger partial charge in [0.15, 0.2) is 0 Å². The molecule has 1 saturated heterocycles. The number of benzene rings is 3. The van der Waals surface area contributed by atoms with Crippen LogP contribution >= 0.6 is 54.5 Å². The van der Waals surface area contributed by atoms with E-state index in [1.54, 1.807) is 0 Å². The van der Waals surface area contributed by atoms with Crippen LogP contribution in [0.4, 0.5) is 5.69 Å². The Morgan fingerprint density at radius 1 is 0.654 bits per heavy atom. The van der Waals surface area contributed by atoms with Crippen LogP contribution in [0.1, 0.15) is 36.1 Å². The van der Waals surface area contributed by atoms with Crippen molar-refractivity contribution < 1.29 is 0 Å². The number of nitrogens with zero attached hydrogens (tertiary/aromatic N) is 1. The van der Waals surface area contributed by atoms with Crippen LogP contribution in [-0.2, 0) is 0 Å². The highest BCUT2D eigenvalue weighted by molar-refractivity contribution is 14.1. The smallest absolute Gasteiger partial charge is 0.0549 e. The second kappa shape index (κ2) is 8.03. The largest absolute Gasteiger partial charge is 0.357 e. The lowest BCUT2D eigenvalue weighted by Gasteiger charge is -2.33. The number of rotatable bonds is 3. The minimum absolute atomic E-state index is 0.400. The molecule has 1 aliphatic heterocycles. The first-order valence-electron chi connectivity index (χ1n) is 8.66. The van der Waals surface area contributed by atoms with Crippen LogP contribution in [0, 0.1) is 3.57 Å². The summed E-state index contributed by atoms with van der Waals surface area (Å²) >= 11 is 9.49. The molecule has 4 rings (SSSR count). The van der Waals surface area contributed by atoms with Gasteiger partial charge in [-0.2, -0.15) is 0 Å². The van der Waals surface area contributed by atoms with Crippen molar-refractivity contribution >= 4 is 60.1 Å². The van der Waals surface area contributed by atoms with E-state index in [1.165, 1.54) is 20.4 Å². The number of anilines is 1. The van der Waals surface area contributed by atoms with Gasteiger partial charge in [0.1, 0.15) is 0 Å². The first kappa shape index (κ1) is 18.5. The van der Waals surface area contributed by atoms with Gasteiger partial charge < -0.3 is 4.90 Å². The summed E-state index contributed by atoms with van der Waals surface area (Å²) in [6, 6.07) is 27.3. The number of hydrogen-bond donors (Lipinski definition) is 0. The third-order valence-electron chi connectivity index (χ3n) is 5.02. The van der Waals surface area contributed by atoms with Gasteiger partial charge in [-0.05, 0) is 95.1 Å². The van der Waals surface area contributed by atoms with E-state index >= 15 is 0 Å². The van der Waals surface area contributed by atoms with E-state index in [1.807, 2.05) is 0 Å². The zero-order chi connectivity index (χ0) is 18.1. The van der Waals surface area contributed by atoms with E-state index in [4.69, 9.17) is 0 Å². The van der Waals surface area contributed by atoms with Crippen LogP contribution in [0.25, 0.3) is 0 Å². The van der Waals surface area contributed by atoms with Crippen LogP contribution in [-0.4, -0.2) is 0 Å². The minimum Gasteiger partial charge on any atom is -0.357 e. The topological polar surface area (TPSA) is 3.24 Å². The molecule has 2 unspecified atom stereocenters. The predicted molar refractivity (Wildman–Crippen MR) is 125 cm³/mol. The molecule has 0 aromatic heterocycles. The van der Waals surface area contributed by atoms with Crippen molar-refractivity contribution in [3.05, 3.63) is 96.4 Å². The van der Waals surface area contributed by atoms with Crippen LogP contribution in [0.5, 0.6) is 0 Å². The minimum atomic E-state index is 0.400. The Kier molecular flexibility index (Phi) is 5.72. The Morgan fingerprint density at radius 3 is 1.50 bits per heavy atom. The highest BCUT2D eigenvalue weighted by atomic mass is 127. The van der Waals surface area contributed by atoms with Gasteiger partial charge in [-0.25, -0.2) is 0 Å². The Labute approximate surface area is 185 Å². The molecule has 1 nitrogen and oxygen atoms in total. The highest BCUT2D eigenvalue weighted by Crippen LogP contribution is 2.47. The van der Waals surface area contributed by atoms with Gasteiger partial charge in [-0.15, -0.1) is 0 Å².